The van der Waals surface area contributed by atoms with Crippen LogP contribution in [0.3, 0.4) is 0 Å². The first kappa shape index (κ1) is 7.73. The molecule has 1 saturated heterocycles. The minimum atomic E-state index is 0.388. The molecule has 0 aliphatic carbocycles. The molecule has 0 aromatic carbocycles. The van der Waals surface area contributed by atoms with Crippen LogP contribution in [0.5, 0.6) is 0 Å². The monoisotopic (exact) mass is 141 g/mol. The lowest BCUT2D eigenvalue weighted by Gasteiger charge is -2.06. The second-order valence-electron chi connectivity index (χ2n) is 2.89. The third-order valence-electron chi connectivity index (χ3n) is 2.03. The second-order valence-corrected chi connectivity index (χ2v) is 2.89. The van der Waals surface area contributed by atoms with Crippen molar-refractivity contribution < 1.29 is 4.79 Å². The minimum absolute atomic E-state index is 0.388. The van der Waals surface area contributed by atoms with Gasteiger partial charge in [-0.3, -0.25) is 4.79 Å². The lowest BCUT2D eigenvalue weighted by molar-refractivity contribution is -0.119. The summed E-state index contributed by atoms with van der Waals surface area (Å²) in [6.07, 6.45) is 3.86. The van der Waals surface area contributed by atoms with Crippen LogP contribution in [0.25, 0.3) is 0 Å². The largest absolute Gasteiger partial charge is 0.314 e. The van der Waals surface area contributed by atoms with Gasteiger partial charge in [0.2, 0.25) is 0 Å². The molecule has 1 heterocycles. The van der Waals surface area contributed by atoms with E-state index in [2.05, 4.69) is 5.32 Å². The quantitative estimate of drug-likeness (QED) is 0.638. The molecule has 0 bridgehead atoms. The highest BCUT2D eigenvalue weighted by Gasteiger charge is 2.15. The van der Waals surface area contributed by atoms with Crippen LogP contribution < -0.4 is 5.32 Å². The molecule has 2 nitrogen and oxygen atoms in total. The average molecular weight is 141 g/mol. The van der Waals surface area contributed by atoms with Crippen molar-refractivity contribution in [2.45, 2.75) is 38.6 Å². The van der Waals surface area contributed by atoms with Crippen molar-refractivity contribution in [1.82, 2.24) is 5.32 Å². The van der Waals surface area contributed by atoms with E-state index in [1.807, 2.05) is 6.92 Å². The topological polar surface area (TPSA) is 29.1 Å². The van der Waals surface area contributed by atoms with Crippen molar-refractivity contribution in [3.05, 3.63) is 0 Å². The van der Waals surface area contributed by atoms with Crippen molar-refractivity contribution >= 4 is 5.78 Å². The van der Waals surface area contributed by atoms with Crippen LogP contribution in [0.2, 0.25) is 0 Å². The number of hydrogen-bond acceptors (Lipinski definition) is 2. The number of carbonyl (C=O) groups excluding carboxylic acids is 1. The third kappa shape index (κ3) is 2.10. The highest BCUT2D eigenvalue weighted by molar-refractivity contribution is 5.78. The molecule has 1 aliphatic heterocycles. The molecule has 1 rings (SSSR count). The molecule has 0 radical (unpaired) electrons. The molecule has 10 heavy (non-hydrogen) atoms. The van der Waals surface area contributed by atoms with Gasteiger partial charge in [-0.05, 0) is 19.4 Å². The molecule has 0 spiro atoms. The fraction of sp³-hybridized carbons (Fsp3) is 0.875. The van der Waals surface area contributed by atoms with Crippen LogP contribution >= 0.6 is 0 Å². The first-order chi connectivity index (χ1) is 4.83. The molecule has 1 unspecified atom stereocenters. The Morgan fingerprint density at radius 3 is 3.00 bits per heavy atom. The molecule has 0 aromatic rings. The van der Waals surface area contributed by atoms with Gasteiger partial charge in [0.15, 0.2) is 0 Å². The molecular formula is C8H15NO. The number of nitrogens with one attached hydrogen (secondary N) is 1. The van der Waals surface area contributed by atoms with Crippen LogP contribution in [0.4, 0.5) is 0 Å². The van der Waals surface area contributed by atoms with E-state index in [-0.39, 0.29) is 0 Å². The Balaban J connectivity index is 2.17. The van der Waals surface area contributed by atoms with Gasteiger partial charge in [-0.1, -0.05) is 6.92 Å². The first-order valence-corrected chi connectivity index (χ1v) is 4.08. The van der Waals surface area contributed by atoms with Gasteiger partial charge in [0.25, 0.3) is 0 Å². The van der Waals surface area contributed by atoms with Crippen LogP contribution in [-0.2, 0) is 4.79 Å². The van der Waals surface area contributed by atoms with Crippen molar-refractivity contribution in [2.75, 3.05) is 6.54 Å². The molecule has 58 valence electrons. The Hall–Kier alpha value is -0.370. The summed E-state index contributed by atoms with van der Waals surface area (Å²) in [5, 5.41) is 3.30. The number of rotatable bonds is 3. The molecule has 0 amide bonds. The maximum Gasteiger partial charge on any atom is 0.134 e. The Bertz CT molecular complexity index is 116. The van der Waals surface area contributed by atoms with E-state index in [0.29, 0.717) is 18.2 Å². The summed E-state index contributed by atoms with van der Waals surface area (Å²) in [5.41, 5.74) is 0. The smallest absolute Gasteiger partial charge is 0.134 e. The Kier molecular flexibility index (Phi) is 2.87. The van der Waals surface area contributed by atoms with Gasteiger partial charge in [0.1, 0.15) is 5.78 Å². The molecule has 1 N–H and O–H groups in total. The summed E-state index contributed by atoms with van der Waals surface area (Å²) in [4.78, 5) is 10.9. The highest BCUT2D eigenvalue weighted by atomic mass is 16.1. The normalized spacial score (nSPS) is 25.1. The summed E-state index contributed by atoms with van der Waals surface area (Å²) in [7, 11) is 0. The highest BCUT2D eigenvalue weighted by Crippen LogP contribution is 2.09. The summed E-state index contributed by atoms with van der Waals surface area (Å²) in [6, 6.07) is 0.493. The number of ketones is 1. The molecule has 2 heteroatoms. The van der Waals surface area contributed by atoms with Crippen molar-refractivity contribution in [3.8, 4) is 0 Å². The SMILES string of the molecule is CCC(=O)CC1CCCN1. The minimum Gasteiger partial charge on any atom is -0.314 e. The second kappa shape index (κ2) is 3.71. The zero-order valence-corrected chi connectivity index (χ0v) is 6.52. The predicted octanol–water partition coefficient (Wildman–Crippen LogP) is 1.11. The number of Topliss-reactive ketones (excluding diaryl/α,β-unsaturated/α-hetero) is 1. The molecule has 0 saturated carbocycles. The van der Waals surface area contributed by atoms with Gasteiger partial charge in [0, 0.05) is 18.9 Å². The van der Waals surface area contributed by atoms with E-state index in [1.54, 1.807) is 0 Å². The summed E-state index contributed by atoms with van der Waals surface area (Å²) in [6.45, 7) is 3.03. The van der Waals surface area contributed by atoms with Crippen molar-refractivity contribution in [3.63, 3.8) is 0 Å². The van der Waals surface area contributed by atoms with Crippen LogP contribution in [-0.4, -0.2) is 18.4 Å². The molecule has 1 atom stereocenters. The van der Waals surface area contributed by atoms with Gasteiger partial charge >= 0.3 is 0 Å². The Labute approximate surface area is 62.0 Å². The van der Waals surface area contributed by atoms with E-state index in [4.69, 9.17) is 0 Å². The third-order valence-corrected chi connectivity index (χ3v) is 2.03. The molecular weight excluding hydrogens is 126 g/mol. The van der Waals surface area contributed by atoms with Gasteiger partial charge in [-0.2, -0.15) is 0 Å². The van der Waals surface area contributed by atoms with Gasteiger partial charge in [-0.15, -0.1) is 0 Å². The molecule has 0 aromatic heterocycles. The number of carbonyl (C=O) groups is 1. The van der Waals surface area contributed by atoms with E-state index in [9.17, 15) is 4.79 Å². The van der Waals surface area contributed by atoms with E-state index in [0.717, 1.165) is 13.0 Å². The van der Waals surface area contributed by atoms with Crippen LogP contribution in [0.15, 0.2) is 0 Å². The number of hydrogen-bond donors (Lipinski definition) is 1. The van der Waals surface area contributed by atoms with Crippen molar-refractivity contribution in [1.29, 1.82) is 0 Å². The lowest BCUT2D eigenvalue weighted by atomic mass is 10.1. The summed E-state index contributed by atoms with van der Waals surface area (Å²) >= 11 is 0. The predicted molar refractivity (Wildman–Crippen MR) is 40.9 cm³/mol. The van der Waals surface area contributed by atoms with E-state index in [1.165, 1.54) is 12.8 Å². The molecule has 1 aliphatic rings. The maximum atomic E-state index is 10.9. The van der Waals surface area contributed by atoms with E-state index < -0.39 is 0 Å². The van der Waals surface area contributed by atoms with Gasteiger partial charge in [0.05, 0.1) is 0 Å². The first-order valence-electron chi connectivity index (χ1n) is 4.08. The zero-order valence-electron chi connectivity index (χ0n) is 6.52. The zero-order chi connectivity index (χ0) is 7.40. The summed E-state index contributed by atoms with van der Waals surface area (Å²) < 4.78 is 0. The average Bonchev–Trinajstić information content (AvgIpc) is 2.40. The summed E-state index contributed by atoms with van der Waals surface area (Å²) in [5.74, 6) is 0.388. The fourth-order valence-corrected chi connectivity index (χ4v) is 1.35. The van der Waals surface area contributed by atoms with Gasteiger partial charge < -0.3 is 5.32 Å². The fourth-order valence-electron chi connectivity index (χ4n) is 1.35. The van der Waals surface area contributed by atoms with E-state index >= 15 is 0 Å². The van der Waals surface area contributed by atoms with Crippen LogP contribution in [0, 0.1) is 0 Å². The Morgan fingerprint density at radius 2 is 2.50 bits per heavy atom. The molecule has 1 fully saturated rings. The van der Waals surface area contributed by atoms with Crippen molar-refractivity contribution in [2.24, 2.45) is 0 Å². The van der Waals surface area contributed by atoms with Crippen LogP contribution in [0.1, 0.15) is 32.6 Å². The van der Waals surface area contributed by atoms with Gasteiger partial charge in [-0.25, -0.2) is 0 Å². The lowest BCUT2D eigenvalue weighted by Crippen LogP contribution is -2.24. The Morgan fingerprint density at radius 1 is 1.70 bits per heavy atom. The maximum absolute atomic E-state index is 10.9. The standard InChI is InChI=1S/C8H15NO/c1-2-8(10)6-7-4-3-5-9-7/h7,9H,2-6H2,1H3.